The highest BCUT2D eigenvalue weighted by Crippen LogP contribution is 2.32. The number of rotatable bonds is 6. The van der Waals surface area contributed by atoms with Gasteiger partial charge >= 0.3 is 5.97 Å². The molecule has 0 atom stereocenters. The Kier molecular flexibility index (Phi) is 5.97. The summed E-state index contributed by atoms with van der Waals surface area (Å²) < 4.78 is 10.5. The minimum atomic E-state index is -0.486. The molecule has 0 aliphatic heterocycles. The van der Waals surface area contributed by atoms with Gasteiger partial charge in [0.25, 0.3) is 5.91 Å². The van der Waals surface area contributed by atoms with E-state index in [0.717, 1.165) is 17.0 Å². The van der Waals surface area contributed by atoms with Gasteiger partial charge in [-0.2, -0.15) is 0 Å². The number of amides is 1. The highest BCUT2D eigenvalue weighted by Gasteiger charge is 2.18. The molecule has 0 saturated heterocycles. The predicted octanol–water partition coefficient (Wildman–Crippen LogP) is 3.83. The summed E-state index contributed by atoms with van der Waals surface area (Å²) in [5, 5.41) is 6.55. The van der Waals surface area contributed by atoms with E-state index in [9.17, 15) is 9.59 Å². The van der Waals surface area contributed by atoms with Gasteiger partial charge in [-0.15, -0.1) is 0 Å². The first-order valence-corrected chi connectivity index (χ1v) is 9.22. The summed E-state index contributed by atoms with van der Waals surface area (Å²) in [6, 6.07) is 10.8. The van der Waals surface area contributed by atoms with Gasteiger partial charge in [0.05, 0.1) is 24.9 Å². The number of nitrogens with zero attached hydrogens (tertiary/aromatic N) is 1. The minimum Gasteiger partial charge on any atom is -0.496 e. The van der Waals surface area contributed by atoms with Crippen LogP contribution in [0.15, 0.2) is 42.6 Å². The second-order valence-electron chi connectivity index (χ2n) is 6.39. The number of carbonyl (C=O) groups is 2. The molecule has 1 aromatic heterocycles. The third-order valence-corrected chi connectivity index (χ3v) is 4.52. The van der Waals surface area contributed by atoms with Crippen LogP contribution in [0.3, 0.4) is 0 Å². The van der Waals surface area contributed by atoms with Crippen molar-refractivity contribution in [2.75, 3.05) is 26.1 Å². The minimum absolute atomic E-state index is 0.223. The number of hydrogen-bond donors (Lipinski definition) is 2. The van der Waals surface area contributed by atoms with Crippen molar-refractivity contribution < 1.29 is 19.1 Å². The molecule has 0 aliphatic carbocycles. The lowest BCUT2D eigenvalue weighted by Crippen LogP contribution is -2.17. The molecule has 2 N–H and O–H groups in total. The van der Waals surface area contributed by atoms with Gasteiger partial charge in [-0.05, 0) is 55.8 Å². The number of anilines is 2. The monoisotopic (exact) mass is 393 g/mol. The quantitative estimate of drug-likeness (QED) is 0.619. The third-order valence-electron chi connectivity index (χ3n) is 4.52. The Labute approximate surface area is 169 Å². The van der Waals surface area contributed by atoms with Crippen LogP contribution in [0.4, 0.5) is 11.4 Å². The van der Waals surface area contributed by atoms with Crippen LogP contribution in [-0.2, 0) is 4.74 Å². The topological polar surface area (TPSA) is 89.5 Å². The lowest BCUT2D eigenvalue weighted by atomic mass is 10.0. The molecule has 3 aromatic rings. The lowest BCUT2D eigenvalue weighted by Gasteiger charge is -2.16. The number of benzene rings is 2. The van der Waals surface area contributed by atoms with E-state index in [1.807, 2.05) is 25.1 Å². The summed E-state index contributed by atoms with van der Waals surface area (Å²) in [6.45, 7) is 3.93. The van der Waals surface area contributed by atoms with Crippen LogP contribution in [0, 0.1) is 6.92 Å². The molecule has 0 radical (unpaired) electrons. The third kappa shape index (κ3) is 4.13. The van der Waals surface area contributed by atoms with E-state index in [2.05, 4.69) is 15.6 Å². The number of methoxy groups -OCH3 is 1. The van der Waals surface area contributed by atoms with Crippen molar-refractivity contribution in [3.8, 4) is 5.75 Å². The molecule has 29 heavy (non-hydrogen) atoms. The summed E-state index contributed by atoms with van der Waals surface area (Å²) in [7, 11) is 3.18. The number of pyridine rings is 1. The number of fused-ring (bicyclic) bond motifs is 1. The zero-order valence-electron chi connectivity index (χ0n) is 16.8. The van der Waals surface area contributed by atoms with Crippen LogP contribution in [0.5, 0.6) is 5.75 Å². The van der Waals surface area contributed by atoms with Crippen molar-refractivity contribution in [2.45, 2.75) is 13.8 Å². The molecule has 0 unspecified atom stereocenters. The van der Waals surface area contributed by atoms with E-state index in [-0.39, 0.29) is 12.5 Å². The molecule has 0 saturated carbocycles. The van der Waals surface area contributed by atoms with E-state index in [4.69, 9.17) is 9.47 Å². The number of nitrogens with one attached hydrogen (secondary N) is 2. The first-order chi connectivity index (χ1) is 14.0. The molecular weight excluding hydrogens is 370 g/mol. The van der Waals surface area contributed by atoms with Gasteiger partial charge in [0.2, 0.25) is 0 Å². The molecule has 7 heteroatoms. The Bertz CT molecular complexity index is 1080. The number of esters is 1. The van der Waals surface area contributed by atoms with E-state index in [1.165, 1.54) is 6.20 Å². The summed E-state index contributed by atoms with van der Waals surface area (Å²) in [6.07, 6.45) is 1.48. The highest BCUT2D eigenvalue weighted by molar-refractivity contribution is 6.08. The second-order valence-corrected chi connectivity index (χ2v) is 6.39. The standard InChI is InChI=1S/C22H23N3O4/c1-5-29-22(27)17-12-24-18-8-6-14(21(26)23-3)11-16(18)20(17)25-15-7-9-19(28-4)13(2)10-15/h6-12H,5H2,1-4H3,(H,23,26)(H,24,25). The smallest absolute Gasteiger partial charge is 0.341 e. The number of ether oxygens (including phenoxy) is 2. The average molecular weight is 393 g/mol. The van der Waals surface area contributed by atoms with Crippen molar-refractivity contribution in [1.29, 1.82) is 0 Å². The van der Waals surface area contributed by atoms with E-state index >= 15 is 0 Å². The van der Waals surface area contributed by atoms with Gasteiger partial charge in [0, 0.05) is 29.9 Å². The SMILES string of the molecule is CCOC(=O)c1cnc2ccc(C(=O)NC)cc2c1Nc1ccc(OC)c(C)c1. The van der Waals surface area contributed by atoms with Crippen molar-refractivity contribution in [3.63, 3.8) is 0 Å². The van der Waals surface area contributed by atoms with Crippen LogP contribution in [0.2, 0.25) is 0 Å². The van der Waals surface area contributed by atoms with Crippen LogP contribution < -0.4 is 15.4 Å². The maximum atomic E-state index is 12.5. The molecule has 1 heterocycles. The molecule has 0 bridgehead atoms. The van der Waals surface area contributed by atoms with Crippen molar-refractivity contribution in [2.24, 2.45) is 0 Å². The Balaban J connectivity index is 2.18. The largest absolute Gasteiger partial charge is 0.496 e. The van der Waals surface area contributed by atoms with E-state index in [0.29, 0.717) is 27.7 Å². The van der Waals surface area contributed by atoms with Crippen molar-refractivity contribution >= 4 is 34.2 Å². The zero-order valence-corrected chi connectivity index (χ0v) is 16.8. The summed E-state index contributed by atoms with van der Waals surface area (Å²) >= 11 is 0. The predicted molar refractivity (Wildman–Crippen MR) is 112 cm³/mol. The number of aromatic nitrogens is 1. The molecule has 0 fully saturated rings. The lowest BCUT2D eigenvalue weighted by molar-refractivity contribution is 0.0527. The van der Waals surface area contributed by atoms with Crippen LogP contribution >= 0.6 is 0 Å². The van der Waals surface area contributed by atoms with Crippen LogP contribution in [0.25, 0.3) is 10.9 Å². The van der Waals surface area contributed by atoms with E-state index in [1.54, 1.807) is 39.3 Å². The average Bonchev–Trinajstić information content (AvgIpc) is 2.73. The fourth-order valence-electron chi connectivity index (χ4n) is 3.08. The molecule has 0 aliphatic rings. The van der Waals surface area contributed by atoms with Gasteiger partial charge in [-0.25, -0.2) is 4.79 Å². The van der Waals surface area contributed by atoms with Gasteiger partial charge < -0.3 is 20.1 Å². The molecule has 3 rings (SSSR count). The number of carbonyl (C=O) groups excluding carboxylic acids is 2. The van der Waals surface area contributed by atoms with Gasteiger partial charge in [0.15, 0.2) is 0 Å². The summed E-state index contributed by atoms with van der Waals surface area (Å²) in [4.78, 5) is 29.0. The van der Waals surface area contributed by atoms with Crippen molar-refractivity contribution in [1.82, 2.24) is 10.3 Å². The first kappa shape index (κ1) is 20.1. The Morgan fingerprint density at radius 2 is 1.93 bits per heavy atom. The Hall–Kier alpha value is -3.61. The molecule has 150 valence electrons. The normalized spacial score (nSPS) is 10.5. The van der Waals surface area contributed by atoms with Gasteiger partial charge in [-0.3, -0.25) is 9.78 Å². The van der Waals surface area contributed by atoms with E-state index < -0.39 is 5.97 Å². The summed E-state index contributed by atoms with van der Waals surface area (Å²) in [5.74, 6) is 0.0577. The van der Waals surface area contributed by atoms with Gasteiger partial charge in [-0.1, -0.05) is 0 Å². The van der Waals surface area contributed by atoms with Gasteiger partial charge in [0.1, 0.15) is 11.3 Å². The molecule has 0 spiro atoms. The molecular formula is C22H23N3O4. The Morgan fingerprint density at radius 1 is 1.14 bits per heavy atom. The summed E-state index contributed by atoms with van der Waals surface area (Å²) in [5.41, 5.74) is 3.66. The first-order valence-electron chi connectivity index (χ1n) is 9.22. The molecule has 2 aromatic carbocycles. The fourth-order valence-corrected chi connectivity index (χ4v) is 3.08. The van der Waals surface area contributed by atoms with Crippen LogP contribution in [-0.4, -0.2) is 37.6 Å². The molecule has 1 amide bonds. The maximum Gasteiger partial charge on any atom is 0.341 e. The fraction of sp³-hybridized carbons (Fsp3) is 0.227. The number of aryl methyl sites for hydroxylation is 1. The van der Waals surface area contributed by atoms with Crippen molar-refractivity contribution in [3.05, 3.63) is 59.3 Å². The second kappa shape index (κ2) is 8.60. The Morgan fingerprint density at radius 3 is 2.59 bits per heavy atom. The highest BCUT2D eigenvalue weighted by atomic mass is 16.5. The number of hydrogen-bond acceptors (Lipinski definition) is 6. The van der Waals surface area contributed by atoms with Crippen LogP contribution in [0.1, 0.15) is 33.2 Å². The maximum absolute atomic E-state index is 12.5. The zero-order chi connectivity index (χ0) is 21.0. The molecule has 7 nitrogen and oxygen atoms in total.